The average molecular weight is 457 g/mol. The van der Waals surface area contributed by atoms with E-state index in [2.05, 4.69) is 5.32 Å². The largest absolute Gasteiger partial charge is 0.347 e. The van der Waals surface area contributed by atoms with Crippen LogP contribution < -0.4 is 15.8 Å². The molecule has 0 saturated carbocycles. The highest BCUT2D eigenvalue weighted by molar-refractivity contribution is 6.20. The fourth-order valence-corrected chi connectivity index (χ4v) is 5.74. The maximum absolute atomic E-state index is 14.1. The summed E-state index contributed by atoms with van der Waals surface area (Å²) in [5.74, 6) is -0.719. The molecule has 0 radical (unpaired) electrons. The van der Waals surface area contributed by atoms with Crippen molar-refractivity contribution in [3.05, 3.63) is 75.7 Å². The van der Waals surface area contributed by atoms with Crippen molar-refractivity contribution in [2.45, 2.75) is 32.2 Å². The molecular weight excluding hydrogens is 434 g/mol. The van der Waals surface area contributed by atoms with E-state index in [1.54, 1.807) is 18.3 Å². The summed E-state index contributed by atoms with van der Waals surface area (Å²) in [6.45, 7) is 2.55. The van der Waals surface area contributed by atoms with Gasteiger partial charge >= 0.3 is 6.03 Å². The molecule has 1 N–H and O–H groups in total. The molecule has 3 aliphatic rings. The molecule has 0 aliphatic carbocycles. The number of carbonyl (C=O) groups excluding carboxylic acids is 3. The van der Waals surface area contributed by atoms with E-state index >= 15 is 0 Å². The van der Waals surface area contributed by atoms with Crippen LogP contribution in [0.1, 0.15) is 36.1 Å². The first-order valence-corrected chi connectivity index (χ1v) is 11.5. The molecule has 2 atom stereocenters. The summed E-state index contributed by atoms with van der Waals surface area (Å²) in [5, 5.41) is 2.43. The minimum absolute atomic E-state index is 0.125. The van der Waals surface area contributed by atoms with E-state index in [0.717, 1.165) is 16.0 Å². The molecule has 3 aliphatic heterocycles. The van der Waals surface area contributed by atoms with Crippen LogP contribution in [0.15, 0.2) is 53.5 Å². The van der Waals surface area contributed by atoms with Gasteiger partial charge in [0.05, 0.1) is 11.6 Å². The predicted octanol–water partition coefficient (Wildman–Crippen LogP) is 1.83. The lowest BCUT2D eigenvalue weighted by atomic mass is 9.65. The van der Waals surface area contributed by atoms with Gasteiger partial charge in [-0.2, -0.15) is 0 Å². The molecule has 4 amide bonds. The Morgan fingerprint density at radius 2 is 1.88 bits per heavy atom. The number of hydrogen-bond acceptors (Lipinski definition) is 6. The highest BCUT2D eigenvalue weighted by Gasteiger charge is 2.64. The van der Waals surface area contributed by atoms with E-state index in [1.165, 1.54) is 4.40 Å². The van der Waals surface area contributed by atoms with Crippen LogP contribution in [0.2, 0.25) is 0 Å². The molecule has 6 rings (SSSR count). The van der Waals surface area contributed by atoms with Crippen LogP contribution in [-0.4, -0.2) is 45.2 Å². The van der Waals surface area contributed by atoms with Gasteiger partial charge in [0.2, 0.25) is 11.8 Å². The fourth-order valence-electron chi connectivity index (χ4n) is 5.74. The van der Waals surface area contributed by atoms with Crippen molar-refractivity contribution in [3.8, 4) is 0 Å². The summed E-state index contributed by atoms with van der Waals surface area (Å²) in [6.07, 6.45) is 2.75. The van der Waals surface area contributed by atoms with E-state index in [0.29, 0.717) is 36.4 Å². The zero-order valence-electron chi connectivity index (χ0n) is 18.7. The molecule has 2 aromatic heterocycles. The van der Waals surface area contributed by atoms with Gasteiger partial charge in [-0.1, -0.05) is 37.3 Å². The maximum atomic E-state index is 14.1. The second kappa shape index (κ2) is 7.24. The van der Waals surface area contributed by atoms with Gasteiger partial charge in [0.25, 0.3) is 5.56 Å². The summed E-state index contributed by atoms with van der Waals surface area (Å²) in [6, 6.07) is 11.7. The molecule has 3 aromatic rings. The van der Waals surface area contributed by atoms with Gasteiger partial charge in [-0.05, 0) is 36.1 Å². The summed E-state index contributed by atoms with van der Waals surface area (Å²) in [7, 11) is 0. The third-order valence-corrected chi connectivity index (χ3v) is 7.23. The van der Waals surface area contributed by atoms with Crippen LogP contribution in [0.25, 0.3) is 5.65 Å². The Hall–Kier alpha value is -4.01. The SMILES string of the molecule is CCCN1C(=O)NC(=O)[C@@]2(Cc3c(nc4ccccn4c3=O)N3CCc4ccccc4[C@@H]32)C1=O. The van der Waals surface area contributed by atoms with Crippen molar-refractivity contribution in [1.29, 1.82) is 0 Å². The van der Waals surface area contributed by atoms with Crippen molar-refractivity contribution in [1.82, 2.24) is 19.6 Å². The van der Waals surface area contributed by atoms with Gasteiger partial charge in [-0.3, -0.25) is 29.0 Å². The first-order chi connectivity index (χ1) is 16.5. The second-order valence-electron chi connectivity index (χ2n) is 9.06. The van der Waals surface area contributed by atoms with Gasteiger partial charge in [-0.25, -0.2) is 9.78 Å². The summed E-state index contributed by atoms with van der Waals surface area (Å²) in [4.78, 5) is 61.7. The molecule has 172 valence electrons. The van der Waals surface area contributed by atoms with Crippen LogP contribution >= 0.6 is 0 Å². The minimum atomic E-state index is -1.66. The number of benzene rings is 1. The van der Waals surface area contributed by atoms with Gasteiger partial charge in [0.15, 0.2) is 5.41 Å². The molecule has 1 aromatic carbocycles. The standard InChI is InChI=1S/C25H23N5O4/c1-2-11-30-23(33)25(22(32)27-24(30)34)14-17-20(26-18-9-5-6-12-28(18)21(17)31)29-13-10-15-7-3-4-8-16(15)19(25)29/h3-9,12,19H,2,10-11,13-14H2,1H3,(H,27,32,34)/t19-,25+/m1/s1. The van der Waals surface area contributed by atoms with Gasteiger partial charge < -0.3 is 4.90 Å². The lowest BCUT2D eigenvalue weighted by Crippen LogP contribution is -2.70. The molecule has 9 heteroatoms. The first-order valence-electron chi connectivity index (χ1n) is 11.5. The third-order valence-electron chi connectivity index (χ3n) is 7.23. The average Bonchev–Trinajstić information content (AvgIpc) is 2.85. The molecule has 1 spiro atoms. The van der Waals surface area contributed by atoms with E-state index in [1.807, 2.05) is 42.2 Å². The van der Waals surface area contributed by atoms with Crippen molar-refractivity contribution >= 4 is 29.3 Å². The molecule has 1 fully saturated rings. The highest BCUT2D eigenvalue weighted by Crippen LogP contribution is 2.52. The number of hydrogen-bond donors (Lipinski definition) is 1. The van der Waals surface area contributed by atoms with Crippen molar-refractivity contribution in [3.63, 3.8) is 0 Å². The number of rotatable bonds is 2. The highest BCUT2D eigenvalue weighted by atomic mass is 16.2. The Morgan fingerprint density at radius 3 is 2.71 bits per heavy atom. The topological polar surface area (TPSA) is 104 Å². The number of imide groups is 2. The summed E-state index contributed by atoms with van der Waals surface area (Å²) >= 11 is 0. The zero-order valence-corrected chi connectivity index (χ0v) is 18.7. The lowest BCUT2D eigenvalue weighted by Gasteiger charge is -2.53. The molecule has 5 heterocycles. The van der Waals surface area contributed by atoms with Gasteiger partial charge in [0.1, 0.15) is 11.5 Å². The normalized spacial score (nSPS) is 23.6. The Kier molecular flexibility index (Phi) is 4.39. The smallest absolute Gasteiger partial charge is 0.330 e. The van der Waals surface area contributed by atoms with Crippen LogP contribution in [-0.2, 0) is 22.4 Å². The Morgan fingerprint density at radius 1 is 1.09 bits per heavy atom. The lowest BCUT2D eigenvalue weighted by molar-refractivity contribution is -0.154. The number of aromatic nitrogens is 2. The molecule has 9 nitrogen and oxygen atoms in total. The van der Waals surface area contributed by atoms with Crippen LogP contribution in [0.3, 0.4) is 0 Å². The number of fused-ring (bicyclic) bond motifs is 7. The number of nitrogens with one attached hydrogen (secondary N) is 1. The molecular formula is C25H23N5O4. The third kappa shape index (κ3) is 2.57. The first kappa shape index (κ1) is 20.6. The zero-order chi connectivity index (χ0) is 23.6. The Balaban J connectivity index is 1.66. The minimum Gasteiger partial charge on any atom is -0.347 e. The van der Waals surface area contributed by atoms with Gasteiger partial charge in [-0.15, -0.1) is 0 Å². The van der Waals surface area contributed by atoms with Crippen LogP contribution in [0.5, 0.6) is 0 Å². The molecule has 34 heavy (non-hydrogen) atoms. The number of amides is 4. The van der Waals surface area contributed by atoms with Crippen molar-refractivity contribution < 1.29 is 14.4 Å². The number of pyridine rings is 1. The number of carbonyl (C=O) groups is 3. The molecule has 0 unspecified atom stereocenters. The predicted molar refractivity (Wildman–Crippen MR) is 123 cm³/mol. The summed E-state index contributed by atoms with van der Waals surface area (Å²) < 4.78 is 1.44. The number of urea groups is 1. The van der Waals surface area contributed by atoms with E-state index in [-0.39, 0.29) is 18.5 Å². The molecule has 1 saturated heterocycles. The van der Waals surface area contributed by atoms with E-state index < -0.39 is 29.3 Å². The fraction of sp³-hybridized carbons (Fsp3) is 0.320. The monoisotopic (exact) mass is 457 g/mol. The van der Waals surface area contributed by atoms with Crippen molar-refractivity contribution in [2.75, 3.05) is 18.0 Å². The second-order valence-corrected chi connectivity index (χ2v) is 9.06. The van der Waals surface area contributed by atoms with Crippen LogP contribution in [0, 0.1) is 5.41 Å². The Labute approximate surface area is 195 Å². The van der Waals surface area contributed by atoms with Crippen LogP contribution in [0.4, 0.5) is 10.6 Å². The summed E-state index contributed by atoms with van der Waals surface area (Å²) in [5.41, 5.74) is 0.746. The van der Waals surface area contributed by atoms with Crippen molar-refractivity contribution in [2.24, 2.45) is 5.41 Å². The van der Waals surface area contributed by atoms with E-state index in [4.69, 9.17) is 4.98 Å². The van der Waals surface area contributed by atoms with E-state index in [9.17, 15) is 19.2 Å². The quantitative estimate of drug-likeness (QED) is 0.589. The number of nitrogens with zero attached hydrogens (tertiary/aromatic N) is 4. The maximum Gasteiger partial charge on any atom is 0.330 e. The van der Waals surface area contributed by atoms with Gasteiger partial charge in [0, 0.05) is 25.7 Å². The number of anilines is 1. The number of barbiturate groups is 1. The molecule has 0 bridgehead atoms. The Bertz CT molecular complexity index is 1450.